The van der Waals surface area contributed by atoms with Crippen LogP contribution in [0.15, 0.2) is 29.3 Å². The number of aromatic hydroxyl groups is 1. The second kappa shape index (κ2) is 3.94. The zero-order chi connectivity index (χ0) is 10.8. The number of amides is 1. The third kappa shape index (κ3) is 2.30. The summed E-state index contributed by atoms with van der Waals surface area (Å²) in [5.74, 6) is 0.137. The van der Waals surface area contributed by atoms with Crippen LogP contribution in [-0.4, -0.2) is 21.4 Å². The van der Waals surface area contributed by atoms with Gasteiger partial charge in [-0.1, -0.05) is 17.8 Å². The molecule has 0 aliphatic carbocycles. The number of phenols is 1. The molecule has 1 aromatic rings. The van der Waals surface area contributed by atoms with Crippen LogP contribution in [0.4, 0.5) is 5.69 Å². The zero-order valence-electron chi connectivity index (χ0n) is 8.10. The predicted octanol–water partition coefficient (Wildman–Crippen LogP) is 1.63. The van der Waals surface area contributed by atoms with E-state index in [-0.39, 0.29) is 16.9 Å². The summed E-state index contributed by atoms with van der Waals surface area (Å²) < 4.78 is 0. The molecule has 5 heteroatoms. The van der Waals surface area contributed by atoms with Gasteiger partial charge in [-0.05, 0) is 19.1 Å². The molecule has 2 N–H and O–H groups in total. The molecular weight excluding hydrogens is 212 g/mol. The third-order valence-electron chi connectivity index (χ3n) is 1.95. The lowest BCUT2D eigenvalue weighted by Gasteiger charge is -1.97. The van der Waals surface area contributed by atoms with E-state index in [0.717, 1.165) is 0 Å². The molecule has 0 aromatic heterocycles. The molecule has 1 fully saturated rings. The topological polar surface area (TPSA) is 61.7 Å². The molecule has 78 valence electrons. The van der Waals surface area contributed by atoms with Gasteiger partial charge in [-0.15, -0.1) is 0 Å². The Morgan fingerprint density at radius 1 is 1.53 bits per heavy atom. The number of hydrogen-bond acceptors (Lipinski definition) is 4. The monoisotopic (exact) mass is 222 g/mol. The van der Waals surface area contributed by atoms with Crippen molar-refractivity contribution in [3.63, 3.8) is 0 Å². The van der Waals surface area contributed by atoms with Gasteiger partial charge in [0.1, 0.15) is 5.75 Å². The van der Waals surface area contributed by atoms with E-state index in [0.29, 0.717) is 10.9 Å². The molecule has 1 heterocycles. The standard InChI is InChI=1S/C10H10N2O2S/c1-6-9(14)12-10(15-6)11-7-3-2-4-8(13)5-7/h2-6,13H,1H3,(H,11,12,14)/t6-/m0/s1. The van der Waals surface area contributed by atoms with Crippen LogP contribution >= 0.6 is 11.8 Å². The first-order chi connectivity index (χ1) is 7.15. The number of aliphatic imine (C=N–C) groups is 1. The minimum Gasteiger partial charge on any atom is -0.508 e. The van der Waals surface area contributed by atoms with Crippen LogP contribution in [0, 0.1) is 0 Å². The number of carbonyl (C=O) groups is 1. The molecule has 1 aliphatic heterocycles. The minimum atomic E-state index is -0.0962. The van der Waals surface area contributed by atoms with Gasteiger partial charge in [0.25, 0.3) is 0 Å². The summed E-state index contributed by atoms with van der Waals surface area (Å²) in [7, 11) is 0. The second-order valence-electron chi connectivity index (χ2n) is 3.19. The molecule has 1 amide bonds. The normalized spacial score (nSPS) is 23.1. The summed E-state index contributed by atoms with van der Waals surface area (Å²) in [6.45, 7) is 1.82. The van der Waals surface area contributed by atoms with Crippen molar-refractivity contribution in [2.45, 2.75) is 12.2 Å². The summed E-state index contributed by atoms with van der Waals surface area (Å²) in [5.41, 5.74) is 0.631. The van der Waals surface area contributed by atoms with E-state index in [2.05, 4.69) is 10.3 Å². The van der Waals surface area contributed by atoms with Gasteiger partial charge in [0.2, 0.25) is 5.91 Å². The fourth-order valence-electron chi connectivity index (χ4n) is 1.19. The largest absolute Gasteiger partial charge is 0.508 e. The highest BCUT2D eigenvalue weighted by Crippen LogP contribution is 2.24. The molecule has 0 bridgehead atoms. The molecule has 2 rings (SSSR count). The molecule has 4 nitrogen and oxygen atoms in total. The minimum absolute atomic E-state index is 0.0288. The Kier molecular flexibility index (Phi) is 2.64. The Morgan fingerprint density at radius 3 is 2.93 bits per heavy atom. The third-order valence-corrected chi connectivity index (χ3v) is 2.93. The van der Waals surface area contributed by atoms with Gasteiger partial charge < -0.3 is 10.4 Å². The number of amidine groups is 1. The van der Waals surface area contributed by atoms with Gasteiger partial charge in [-0.2, -0.15) is 0 Å². The maximum Gasteiger partial charge on any atom is 0.239 e. The Labute approximate surface area is 91.4 Å². The first-order valence-corrected chi connectivity index (χ1v) is 5.38. The highest BCUT2D eigenvalue weighted by Gasteiger charge is 2.25. The second-order valence-corrected chi connectivity index (χ2v) is 4.52. The van der Waals surface area contributed by atoms with Crippen molar-refractivity contribution in [3.8, 4) is 5.75 Å². The maximum atomic E-state index is 11.2. The molecule has 1 atom stereocenters. The van der Waals surface area contributed by atoms with E-state index in [1.54, 1.807) is 24.3 Å². The van der Waals surface area contributed by atoms with Crippen molar-refractivity contribution in [1.82, 2.24) is 5.32 Å². The van der Waals surface area contributed by atoms with Crippen LogP contribution in [0.1, 0.15) is 6.92 Å². The molecule has 1 aromatic carbocycles. The van der Waals surface area contributed by atoms with Crippen LogP contribution in [0.2, 0.25) is 0 Å². The van der Waals surface area contributed by atoms with E-state index in [4.69, 9.17) is 0 Å². The van der Waals surface area contributed by atoms with Crippen LogP contribution in [0.5, 0.6) is 5.75 Å². The van der Waals surface area contributed by atoms with Crippen LogP contribution in [-0.2, 0) is 4.79 Å². The molecule has 1 saturated heterocycles. The number of nitrogens with one attached hydrogen (secondary N) is 1. The van der Waals surface area contributed by atoms with E-state index in [1.807, 2.05) is 6.92 Å². The Hall–Kier alpha value is -1.49. The number of thioether (sulfide) groups is 1. The average Bonchev–Trinajstić information content (AvgIpc) is 2.45. The van der Waals surface area contributed by atoms with Gasteiger partial charge in [0.05, 0.1) is 10.9 Å². The smallest absolute Gasteiger partial charge is 0.239 e. The average molecular weight is 222 g/mol. The molecule has 1 aliphatic rings. The van der Waals surface area contributed by atoms with Crippen molar-refractivity contribution in [3.05, 3.63) is 24.3 Å². The summed E-state index contributed by atoms with van der Waals surface area (Å²) >= 11 is 1.38. The van der Waals surface area contributed by atoms with Gasteiger partial charge in [0.15, 0.2) is 5.17 Å². The first-order valence-electron chi connectivity index (χ1n) is 4.50. The number of hydrogen-bond donors (Lipinski definition) is 2. The number of carbonyl (C=O) groups excluding carboxylic acids is 1. The number of rotatable bonds is 1. The van der Waals surface area contributed by atoms with Gasteiger partial charge in [0, 0.05) is 6.07 Å². The highest BCUT2D eigenvalue weighted by atomic mass is 32.2. The molecule has 0 spiro atoms. The SMILES string of the molecule is C[C@@H]1SC(=Nc2cccc(O)c2)NC1=O. The number of nitrogens with zero attached hydrogens (tertiary/aromatic N) is 1. The van der Waals surface area contributed by atoms with E-state index >= 15 is 0 Å². The zero-order valence-corrected chi connectivity index (χ0v) is 8.91. The highest BCUT2D eigenvalue weighted by molar-refractivity contribution is 8.15. The Bertz CT molecular complexity index is 431. The van der Waals surface area contributed by atoms with Crippen molar-refractivity contribution in [2.24, 2.45) is 4.99 Å². The van der Waals surface area contributed by atoms with Crippen molar-refractivity contribution >= 4 is 28.5 Å². The van der Waals surface area contributed by atoms with Crippen LogP contribution in [0.3, 0.4) is 0 Å². The summed E-state index contributed by atoms with van der Waals surface area (Å²) in [4.78, 5) is 15.4. The molecule has 0 saturated carbocycles. The molecule has 15 heavy (non-hydrogen) atoms. The van der Waals surface area contributed by atoms with E-state index in [1.165, 1.54) is 11.8 Å². The van der Waals surface area contributed by atoms with Gasteiger partial charge in [-0.3, -0.25) is 4.79 Å². The fraction of sp³-hybridized carbons (Fsp3) is 0.200. The van der Waals surface area contributed by atoms with Gasteiger partial charge >= 0.3 is 0 Å². The summed E-state index contributed by atoms with van der Waals surface area (Å²) in [6.07, 6.45) is 0. The fourth-order valence-corrected chi connectivity index (χ4v) is 2.01. The maximum absolute atomic E-state index is 11.2. The summed E-state index contributed by atoms with van der Waals surface area (Å²) in [5, 5.41) is 12.4. The Balaban J connectivity index is 2.21. The Morgan fingerprint density at radius 2 is 2.33 bits per heavy atom. The lowest BCUT2D eigenvalue weighted by atomic mass is 10.3. The first kappa shape index (κ1) is 10.0. The van der Waals surface area contributed by atoms with Crippen LogP contribution in [0.25, 0.3) is 0 Å². The molecular formula is C10H10N2O2S. The number of benzene rings is 1. The lowest BCUT2D eigenvalue weighted by Crippen LogP contribution is -2.23. The lowest BCUT2D eigenvalue weighted by molar-refractivity contribution is -0.118. The quantitative estimate of drug-likeness (QED) is 0.759. The van der Waals surface area contributed by atoms with Crippen LogP contribution < -0.4 is 5.32 Å². The molecule has 0 unspecified atom stereocenters. The number of phenolic OH excluding ortho intramolecular Hbond substituents is 1. The van der Waals surface area contributed by atoms with Crippen molar-refractivity contribution in [1.29, 1.82) is 0 Å². The van der Waals surface area contributed by atoms with E-state index in [9.17, 15) is 9.90 Å². The van der Waals surface area contributed by atoms with Crippen molar-refractivity contribution < 1.29 is 9.90 Å². The summed E-state index contributed by atoms with van der Waals surface area (Å²) in [6, 6.07) is 6.59. The molecule has 0 radical (unpaired) electrons. The van der Waals surface area contributed by atoms with Crippen molar-refractivity contribution in [2.75, 3.05) is 0 Å². The predicted molar refractivity (Wildman–Crippen MR) is 60.4 cm³/mol. The van der Waals surface area contributed by atoms with E-state index < -0.39 is 0 Å². The van der Waals surface area contributed by atoms with Gasteiger partial charge in [-0.25, -0.2) is 4.99 Å².